The van der Waals surface area contributed by atoms with Gasteiger partial charge in [-0.15, -0.1) is 0 Å². The zero-order chi connectivity index (χ0) is 9.14. The number of rotatable bonds is 2. The van der Waals surface area contributed by atoms with E-state index in [-0.39, 0.29) is 4.90 Å². The van der Waals surface area contributed by atoms with Gasteiger partial charge in [0.15, 0.2) is 0 Å². The molecule has 0 aliphatic heterocycles. The number of pyridine rings is 1. The highest BCUT2D eigenvalue weighted by atomic mass is 32.2. The Kier molecular flexibility index (Phi) is 2.73. The average Bonchev–Trinajstić information content (AvgIpc) is 2.04. The monoisotopic (exact) mass is 182 g/mol. The fraction of sp³-hybridized carbons (Fsp3) is 0.125. The molecule has 0 aromatic carbocycles. The fourth-order valence-electron chi connectivity index (χ4n) is 0.846. The molecule has 0 aliphatic rings. The number of hydrogen-bond acceptors (Lipinski definition) is 3. The second-order valence-electron chi connectivity index (χ2n) is 2.37. The van der Waals surface area contributed by atoms with Gasteiger partial charge in [0.2, 0.25) is 0 Å². The second kappa shape index (κ2) is 3.60. The first-order valence-electron chi connectivity index (χ1n) is 3.33. The van der Waals surface area contributed by atoms with Crippen LogP contribution in [-0.4, -0.2) is 13.7 Å². The van der Waals surface area contributed by atoms with Crippen molar-refractivity contribution in [2.24, 2.45) is 0 Å². The van der Waals surface area contributed by atoms with Crippen LogP contribution >= 0.6 is 0 Å². The van der Waals surface area contributed by atoms with Crippen LogP contribution < -0.4 is 0 Å². The lowest BCUT2D eigenvalue weighted by Gasteiger charge is -2.09. The average molecular weight is 182 g/mol. The van der Waals surface area contributed by atoms with Crippen molar-refractivity contribution in [2.45, 2.75) is 11.8 Å². The maximum Gasteiger partial charge on any atom is 0.0802 e. The molecular weight excluding hydrogens is 174 g/mol. The van der Waals surface area contributed by atoms with Crippen molar-refractivity contribution in [3.63, 3.8) is 0 Å². The van der Waals surface area contributed by atoms with E-state index in [1.165, 1.54) is 6.07 Å². The van der Waals surface area contributed by atoms with Gasteiger partial charge < -0.3 is 4.55 Å². The second-order valence-corrected chi connectivity index (χ2v) is 3.27. The van der Waals surface area contributed by atoms with E-state index in [4.69, 9.17) is 0 Å². The molecule has 1 rings (SSSR count). The van der Waals surface area contributed by atoms with E-state index in [2.05, 4.69) is 11.6 Å². The standard InChI is InChI=1S/C8H9NO2S/c1-6(2)8-7(12(10)11)4-3-5-9-8/h3-5H,1H2,2H3,(H,10,11)/p-1. The van der Waals surface area contributed by atoms with Gasteiger partial charge in [-0.05, 0) is 35.7 Å². The molecule has 3 nitrogen and oxygen atoms in total. The van der Waals surface area contributed by atoms with Gasteiger partial charge in [0, 0.05) is 6.20 Å². The Hall–Kier alpha value is -1.00. The van der Waals surface area contributed by atoms with Crippen LogP contribution in [0.5, 0.6) is 0 Å². The lowest BCUT2D eigenvalue weighted by Crippen LogP contribution is -1.96. The molecule has 0 amide bonds. The minimum absolute atomic E-state index is 0.199. The van der Waals surface area contributed by atoms with Gasteiger partial charge in [0.1, 0.15) is 0 Å². The van der Waals surface area contributed by atoms with Gasteiger partial charge >= 0.3 is 0 Å². The molecule has 0 spiro atoms. The Morgan fingerprint density at radius 1 is 1.75 bits per heavy atom. The molecule has 1 heterocycles. The van der Waals surface area contributed by atoms with Crippen LogP contribution in [-0.2, 0) is 11.1 Å². The third kappa shape index (κ3) is 1.78. The van der Waals surface area contributed by atoms with Crippen LogP contribution in [0.3, 0.4) is 0 Å². The molecule has 1 atom stereocenters. The summed E-state index contributed by atoms with van der Waals surface area (Å²) in [4.78, 5) is 4.11. The highest BCUT2D eigenvalue weighted by Crippen LogP contribution is 2.16. The number of nitrogens with zero attached hydrogens (tertiary/aromatic N) is 1. The van der Waals surface area contributed by atoms with Crippen molar-refractivity contribution in [1.29, 1.82) is 0 Å². The zero-order valence-electron chi connectivity index (χ0n) is 6.61. The molecule has 64 valence electrons. The molecule has 0 saturated heterocycles. The van der Waals surface area contributed by atoms with Crippen LogP contribution in [0, 0.1) is 0 Å². The highest BCUT2D eigenvalue weighted by molar-refractivity contribution is 7.79. The quantitative estimate of drug-likeness (QED) is 0.649. The van der Waals surface area contributed by atoms with Crippen LogP contribution in [0.25, 0.3) is 5.57 Å². The van der Waals surface area contributed by atoms with Gasteiger partial charge in [-0.2, -0.15) is 0 Å². The lowest BCUT2D eigenvalue weighted by molar-refractivity contribution is 0.536. The van der Waals surface area contributed by atoms with Crippen LogP contribution in [0.1, 0.15) is 12.6 Å². The SMILES string of the molecule is C=C(C)c1ncccc1S(=O)[O-]. The summed E-state index contributed by atoms with van der Waals surface area (Å²) < 4.78 is 21.3. The molecule has 12 heavy (non-hydrogen) atoms. The fourth-order valence-corrected chi connectivity index (χ4v) is 1.42. The molecule has 1 unspecified atom stereocenters. The first-order chi connectivity index (χ1) is 5.63. The minimum Gasteiger partial charge on any atom is -0.768 e. The van der Waals surface area contributed by atoms with E-state index >= 15 is 0 Å². The van der Waals surface area contributed by atoms with Crippen molar-refractivity contribution >= 4 is 16.7 Å². The van der Waals surface area contributed by atoms with Crippen LogP contribution in [0.15, 0.2) is 29.8 Å². The van der Waals surface area contributed by atoms with Gasteiger partial charge in [0.25, 0.3) is 0 Å². The Morgan fingerprint density at radius 2 is 2.42 bits per heavy atom. The van der Waals surface area contributed by atoms with Crippen molar-refractivity contribution in [3.05, 3.63) is 30.6 Å². The Labute approximate surface area is 73.4 Å². The normalized spacial score (nSPS) is 12.5. The summed E-state index contributed by atoms with van der Waals surface area (Å²) in [6, 6.07) is 3.08. The molecule has 0 bridgehead atoms. The van der Waals surface area contributed by atoms with E-state index in [0.29, 0.717) is 11.3 Å². The maximum absolute atomic E-state index is 10.6. The lowest BCUT2D eigenvalue weighted by atomic mass is 10.2. The van der Waals surface area contributed by atoms with Crippen LogP contribution in [0.4, 0.5) is 0 Å². The van der Waals surface area contributed by atoms with Gasteiger partial charge in [-0.25, -0.2) is 0 Å². The molecule has 4 heteroatoms. The number of hydrogen-bond donors (Lipinski definition) is 0. The molecule has 0 N–H and O–H groups in total. The summed E-state index contributed by atoms with van der Waals surface area (Å²) in [7, 11) is 0. The van der Waals surface area contributed by atoms with Crippen molar-refractivity contribution in [1.82, 2.24) is 4.98 Å². The smallest absolute Gasteiger partial charge is 0.0802 e. The highest BCUT2D eigenvalue weighted by Gasteiger charge is 2.02. The summed E-state index contributed by atoms with van der Waals surface area (Å²) in [5.74, 6) is 0. The van der Waals surface area contributed by atoms with Crippen molar-refractivity contribution in [2.75, 3.05) is 0 Å². The molecule has 0 aliphatic carbocycles. The third-order valence-corrected chi connectivity index (χ3v) is 2.04. The predicted octanol–water partition coefficient (Wildman–Crippen LogP) is 1.35. The topological polar surface area (TPSA) is 53.0 Å². The summed E-state index contributed by atoms with van der Waals surface area (Å²) in [6.45, 7) is 5.35. The number of aromatic nitrogens is 1. The summed E-state index contributed by atoms with van der Waals surface area (Å²) in [5.41, 5.74) is 1.08. The zero-order valence-corrected chi connectivity index (χ0v) is 7.43. The van der Waals surface area contributed by atoms with Crippen molar-refractivity contribution in [3.8, 4) is 0 Å². The number of allylic oxidation sites excluding steroid dienone is 1. The largest absolute Gasteiger partial charge is 0.768 e. The first-order valence-corrected chi connectivity index (χ1v) is 4.40. The Morgan fingerprint density at radius 3 is 2.83 bits per heavy atom. The third-order valence-electron chi connectivity index (χ3n) is 1.35. The summed E-state index contributed by atoms with van der Waals surface area (Å²) in [6.07, 6.45) is 1.54. The first kappa shape index (κ1) is 9.09. The van der Waals surface area contributed by atoms with E-state index in [9.17, 15) is 8.76 Å². The molecule has 0 fully saturated rings. The van der Waals surface area contributed by atoms with E-state index in [1.54, 1.807) is 19.2 Å². The molecule has 0 saturated carbocycles. The molecule has 0 radical (unpaired) electrons. The van der Waals surface area contributed by atoms with Gasteiger partial charge in [-0.3, -0.25) is 9.19 Å². The molecular formula is C8H8NO2S-. The van der Waals surface area contributed by atoms with Crippen molar-refractivity contribution < 1.29 is 8.76 Å². The van der Waals surface area contributed by atoms with Gasteiger partial charge in [-0.1, -0.05) is 6.58 Å². The summed E-state index contributed by atoms with van der Waals surface area (Å²) in [5, 5.41) is 0. The van der Waals surface area contributed by atoms with E-state index in [0.717, 1.165) is 0 Å². The maximum atomic E-state index is 10.6. The molecule has 1 aromatic rings. The summed E-state index contributed by atoms with van der Waals surface area (Å²) >= 11 is -2.23. The van der Waals surface area contributed by atoms with E-state index in [1.807, 2.05) is 0 Å². The van der Waals surface area contributed by atoms with Gasteiger partial charge in [0.05, 0.1) is 10.6 Å². The Bertz CT molecular complexity index is 303. The molecule has 1 aromatic heterocycles. The minimum atomic E-state index is -2.23. The predicted molar refractivity (Wildman–Crippen MR) is 46.1 cm³/mol. The Balaban J connectivity index is 3.27. The van der Waals surface area contributed by atoms with Crippen LogP contribution in [0.2, 0.25) is 0 Å². The van der Waals surface area contributed by atoms with E-state index < -0.39 is 11.1 Å².